The van der Waals surface area contributed by atoms with Crippen molar-refractivity contribution in [1.29, 1.82) is 0 Å². The Morgan fingerprint density at radius 2 is 1.63 bits per heavy atom. The fourth-order valence-corrected chi connectivity index (χ4v) is 2.39. The molecule has 0 spiro atoms. The van der Waals surface area contributed by atoms with Gasteiger partial charge in [-0.05, 0) is 49.0 Å². The van der Waals surface area contributed by atoms with Crippen LogP contribution in [0.5, 0.6) is 0 Å². The van der Waals surface area contributed by atoms with E-state index in [-0.39, 0.29) is 0 Å². The summed E-state index contributed by atoms with van der Waals surface area (Å²) in [6.07, 6.45) is 12.0. The number of ether oxygens (including phenoxy) is 1. The molecule has 2 aliphatic rings. The second-order valence-corrected chi connectivity index (χ2v) is 4.79. The zero-order valence-corrected chi connectivity index (χ0v) is 11.3. The molecule has 0 bridgehead atoms. The highest BCUT2D eigenvalue weighted by molar-refractivity contribution is 5.56. The van der Waals surface area contributed by atoms with Gasteiger partial charge in [0.05, 0.1) is 0 Å². The van der Waals surface area contributed by atoms with Crippen molar-refractivity contribution in [1.82, 2.24) is 0 Å². The van der Waals surface area contributed by atoms with E-state index in [1.807, 2.05) is 19.1 Å². The fraction of sp³-hybridized carbons (Fsp3) is 0.375. The van der Waals surface area contributed by atoms with Gasteiger partial charge in [0.15, 0.2) is 12.6 Å². The first-order valence-electron chi connectivity index (χ1n) is 6.54. The van der Waals surface area contributed by atoms with Gasteiger partial charge in [-0.25, -0.2) is 0 Å². The molecule has 2 atom stereocenters. The van der Waals surface area contributed by atoms with Gasteiger partial charge in [0.25, 0.3) is 0 Å². The number of aliphatic hydroxyl groups is 2. The van der Waals surface area contributed by atoms with Crippen molar-refractivity contribution in [2.45, 2.75) is 39.3 Å². The summed E-state index contributed by atoms with van der Waals surface area (Å²) in [5, 5.41) is 19.3. The molecule has 0 aromatic carbocycles. The minimum atomic E-state index is -1.09. The van der Waals surface area contributed by atoms with Crippen LogP contribution in [0, 0.1) is 0 Å². The first-order valence-corrected chi connectivity index (χ1v) is 6.54. The average molecular weight is 260 g/mol. The summed E-state index contributed by atoms with van der Waals surface area (Å²) in [7, 11) is 0. The van der Waals surface area contributed by atoms with Crippen molar-refractivity contribution < 1.29 is 14.9 Å². The summed E-state index contributed by atoms with van der Waals surface area (Å²) in [6, 6.07) is 0. The van der Waals surface area contributed by atoms with Gasteiger partial charge in [-0.3, -0.25) is 0 Å². The van der Waals surface area contributed by atoms with Crippen LogP contribution in [0.15, 0.2) is 58.7 Å². The minimum Gasteiger partial charge on any atom is -0.368 e. The number of hydrogen-bond acceptors (Lipinski definition) is 3. The third kappa shape index (κ3) is 3.32. The molecule has 0 aromatic rings. The van der Waals surface area contributed by atoms with Crippen LogP contribution < -0.4 is 0 Å². The largest absolute Gasteiger partial charge is 0.368 e. The molecule has 2 unspecified atom stereocenters. The average Bonchev–Trinajstić information content (AvgIpc) is 3.00. The van der Waals surface area contributed by atoms with Gasteiger partial charge in [-0.2, -0.15) is 0 Å². The van der Waals surface area contributed by atoms with Crippen LogP contribution in [0.4, 0.5) is 0 Å². The Morgan fingerprint density at radius 3 is 2.00 bits per heavy atom. The Morgan fingerprint density at radius 1 is 1.11 bits per heavy atom. The Kier molecular flexibility index (Phi) is 4.53. The Hall–Kier alpha value is -1.42. The van der Waals surface area contributed by atoms with Crippen molar-refractivity contribution in [2.24, 2.45) is 0 Å². The molecule has 19 heavy (non-hydrogen) atoms. The van der Waals surface area contributed by atoms with E-state index < -0.39 is 12.6 Å². The van der Waals surface area contributed by atoms with Crippen LogP contribution >= 0.6 is 0 Å². The van der Waals surface area contributed by atoms with Crippen LogP contribution in [-0.4, -0.2) is 22.8 Å². The van der Waals surface area contributed by atoms with E-state index in [0.717, 1.165) is 24.0 Å². The maximum absolute atomic E-state index is 10.0. The van der Waals surface area contributed by atoms with E-state index in [0.29, 0.717) is 0 Å². The molecular formula is C16H20O3. The number of aliphatic hydroxyl groups excluding tert-OH is 2. The molecule has 2 N–H and O–H groups in total. The molecule has 0 amide bonds. The summed E-state index contributed by atoms with van der Waals surface area (Å²) >= 11 is 0. The smallest absolute Gasteiger partial charge is 0.180 e. The van der Waals surface area contributed by atoms with E-state index in [9.17, 15) is 10.2 Å². The van der Waals surface area contributed by atoms with E-state index in [1.165, 1.54) is 18.1 Å². The molecule has 0 heterocycles. The summed E-state index contributed by atoms with van der Waals surface area (Å²) < 4.78 is 5.07. The minimum absolute atomic E-state index is 0.741. The van der Waals surface area contributed by atoms with Gasteiger partial charge in [-0.1, -0.05) is 36.5 Å². The SMILES string of the molecule is CC(=C(C1=CC=CC1)C1=CC=CC1)C(O)OC(C)O. The Balaban J connectivity index is 2.30. The highest BCUT2D eigenvalue weighted by Crippen LogP contribution is 2.34. The maximum atomic E-state index is 10.0. The molecule has 3 heteroatoms. The monoisotopic (exact) mass is 260 g/mol. The molecule has 102 valence electrons. The van der Waals surface area contributed by atoms with Gasteiger partial charge in [0, 0.05) is 0 Å². The summed E-state index contributed by atoms with van der Waals surface area (Å²) in [4.78, 5) is 0. The molecule has 0 aromatic heterocycles. The van der Waals surface area contributed by atoms with Crippen molar-refractivity contribution in [3.05, 3.63) is 58.7 Å². The highest BCUT2D eigenvalue weighted by atomic mass is 16.7. The van der Waals surface area contributed by atoms with Crippen LogP contribution in [-0.2, 0) is 4.74 Å². The molecule has 0 radical (unpaired) electrons. The summed E-state index contributed by atoms with van der Waals surface area (Å²) in [5.74, 6) is 0. The molecule has 0 saturated heterocycles. The molecule has 0 saturated carbocycles. The van der Waals surface area contributed by atoms with Gasteiger partial charge in [0.2, 0.25) is 0 Å². The van der Waals surface area contributed by atoms with Crippen LogP contribution in [0.1, 0.15) is 26.7 Å². The van der Waals surface area contributed by atoms with Crippen LogP contribution in [0.2, 0.25) is 0 Å². The first kappa shape index (κ1) is 14.0. The van der Waals surface area contributed by atoms with E-state index in [1.54, 1.807) is 0 Å². The summed E-state index contributed by atoms with van der Waals surface area (Å²) in [6.45, 7) is 3.34. The molecule has 0 fully saturated rings. The second-order valence-electron chi connectivity index (χ2n) is 4.79. The second kappa shape index (κ2) is 6.15. The molecule has 2 rings (SSSR count). The maximum Gasteiger partial charge on any atom is 0.180 e. The number of hydrogen-bond donors (Lipinski definition) is 2. The van der Waals surface area contributed by atoms with Crippen LogP contribution in [0.25, 0.3) is 0 Å². The van der Waals surface area contributed by atoms with Gasteiger partial charge in [-0.15, -0.1) is 0 Å². The third-order valence-corrected chi connectivity index (χ3v) is 3.28. The Bertz CT molecular complexity index is 458. The van der Waals surface area contributed by atoms with Crippen LogP contribution in [0.3, 0.4) is 0 Å². The highest BCUT2D eigenvalue weighted by Gasteiger charge is 2.20. The molecular weight excluding hydrogens is 240 g/mol. The molecule has 2 aliphatic carbocycles. The summed E-state index contributed by atoms with van der Waals surface area (Å²) in [5.41, 5.74) is 4.15. The predicted molar refractivity (Wildman–Crippen MR) is 75.2 cm³/mol. The lowest BCUT2D eigenvalue weighted by Gasteiger charge is -2.21. The van der Waals surface area contributed by atoms with Gasteiger partial charge in [0.1, 0.15) is 0 Å². The normalized spacial score (nSPS) is 20.2. The topological polar surface area (TPSA) is 49.7 Å². The lowest BCUT2D eigenvalue weighted by atomic mass is 9.91. The Labute approximate surface area is 113 Å². The van der Waals surface area contributed by atoms with E-state index in [2.05, 4.69) is 24.3 Å². The van der Waals surface area contributed by atoms with Crippen molar-refractivity contribution in [3.8, 4) is 0 Å². The van der Waals surface area contributed by atoms with Gasteiger partial charge >= 0.3 is 0 Å². The van der Waals surface area contributed by atoms with Crippen molar-refractivity contribution in [3.63, 3.8) is 0 Å². The quantitative estimate of drug-likeness (QED) is 0.747. The van der Waals surface area contributed by atoms with E-state index >= 15 is 0 Å². The van der Waals surface area contributed by atoms with Crippen molar-refractivity contribution >= 4 is 0 Å². The van der Waals surface area contributed by atoms with E-state index in [4.69, 9.17) is 4.74 Å². The standard InChI is InChI=1S/C16H20O3/c1-11(16(18)19-12(2)17)15(13-7-3-4-8-13)14-9-5-6-10-14/h3-7,9,12,16-18H,8,10H2,1-2H3. The fourth-order valence-electron chi connectivity index (χ4n) is 2.39. The zero-order chi connectivity index (χ0) is 13.8. The van der Waals surface area contributed by atoms with Gasteiger partial charge < -0.3 is 14.9 Å². The lowest BCUT2D eigenvalue weighted by Crippen LogP contribution is -2.21. The molecule has 3 nitrogen and oxygen atoms in total. The zero-order valence-electron chi connectivity index (χ0n) is 11.3. The predicted octanol–water partition coefficient (Wildman–Crippen LogP) is 2.75. The number of rotatable bonds is 5. The van der Waals surface area contributed by atoms with Crippen molar-refractivity contribution in [2.75, 3.05) is 0 Å². The number of allylic oxidation sites excluding steroid dienone is 9. The first-order chi connectivity index (χ1) is 9.09. The lowest BCUT2D eigenvalue weighted by molar-refractivity contribution is -0.182. The molecule has 0 aliphatic heterocycles. The third-order valence-electron chi connectivity index (χ3n) is 3.28.